The van der Waals surface area contributed by atoms with Crippen molar-refractivity contribution in [2.24, 2.45) is 0 Å². The molecular weight excluding hydrogens is 300 g/mol. The third kappa shape index (κ3) is 3.83. The molecule has 2 aromatic rings. The molecule has 5 heteroatoms. The first kappa shape index (κ1) is 16.7. The maximum absolute atomic E-state index is 12.3. The molecule has 0 aromatic carbocycles. The van der Waals surface area contributed by atoms with Gasteiger partial charge >= 0.3 is 0 Å². The first-order valence-electron chi connectivity index (χ1n) is 8.59. The topological polar surface area (TPSA) is 59.8 Å². The maximum atomic E-state index is 12.3. The van der Waals surface area contributed by atoms with E-state index >= 15 is 0 Å². The van der Waals surface area contributed by atoms with Crippen LogP contribution in [0.2, 0.25) is 0 Å². The number of nitrogens with zero attached hydrogens (tertiary/aromatic N) is 3. The lowest BCUT2D eigenvalue weighted by Gasteiger charge is -2.24. The van der Waals surface area contributed by atoms with Crippen molar-refractivity contribution in [3.63, 3.8) is 0 Å². The standard InChI is InChI=1S/C19H26N4O/c1-13-5-6-14(10-20-13)9-18(24)21-15-7-8-17-22-16(19(2,3)4)12-23(17)11-15/h5-6,10,12,15H,7-9,11H2,1-4H3,(H,21,24). The summed E-state index contributed by atoms with van der Waals surface area (Å²) in [5.74, 6) is 1.19. The van der Waals surface area contributed by atoms with Gasteiger partial charge in [-0.2, -0.15) is 0 Å². The second kappa shape index (κ2) is 6.38. The molecule has 1 aliphatic heterocycles. The van der Waals surface area contributed by atoms with Crippen LogP contribution in [0.4, 0.5) is 0 Å². The Balaban J connectivity index is 1.60. The van der Waals surface area contributed by atoms with E-state index in [-0.39, 0.29) is 17.4 Å². The van der Waals surface area contributed by atoms with Gasteiger partial charge in [-0.3, -0.25) is 9.78 Å². The van der Waals surface area contributed by atoms with Gasteiger partial charge in [0.1, 0.15) is 5.82 Å². The summed E-state index contributed by atoms with van der Waals surface area (Å²) >= 11 is 0. The fourth-order valence-electron chi connectivity index (χ4n) is 2.99. The number of amides is 1. The van der Waals surface area contributed by atoms with E-state index in [0.717, 1.165) is 42.2 Å². The molecule has 0 aliphatic carbocycles. The van der Waals surface area contributed by atoms with E-state index in [1.807, 2.05) is 19.1 Å². The molecule has 0 spiro atoms. The van der Waals surface area contributed by atoms with E-state index in [0.29, 0.717) is 6.42 Å². The number of carbonyl (C=O) groups excluding carboxylic acids is 1. The molecule has 0 radical (unpaired) electrons. The van der Waals surface area contributed by atoms with Crippen LogP contribution in [-0.4, -0.2) is 26.5 Å². The number of pyridine rings is 1. The van der Waals surface area contributed by atoms with Crippen molar-refractivity contribution in [1.82, 2.24) is 19.9 Å². The summed E-state index contributed by atoms with van der Waals surface area (Å²) in [6.07, 6.45) is 6.15. The molecule has 1 unspecified atom stereocenters. The van der Waals surface area contributed by atoms with Crippen LogP contribution in [0, 0.1) is 6.92 Å². The summed E-state index contributed by atoms with van der Waals surface area (Å²) in [5.41, 5.74) is 3.10. The maximum Gasteiger partial charge on any atom is 0.224 e. The van der Waals surface area contributed by atoms with E-state index < -0.39 is 0 Å². The van der Waals surface area contributed by atoms with E-state index in [1.165, 1.54) is 0 Å². The number of aromatic nitrogens is 3. The Hall–Kier alpha value is -2.17. The molecule has 1 aliphatic rings. The number of rotatable bonds is 3. The second-order valence-electron chi connectivity index (χ2n) is 7.73. The molecule has 0 saturated carbocycles. The Bertz CT molecular complexity index is 725. The van der Waals surface area contributed by atoms with Gasteiger partial charge < -0.3 is 9.88 Å². The Morgan fingerprint density at radius 3 is 2.83 bits per heavy atom. The van der Waals surface area contributed by atoms with Crippen molar-refractivity contribution in [3.8, 4) is 0 Å². The average Bonchev–Trinajstić information content (AvgIpc) is 2.93. The Kier molecular flexibility index (Phi) is 4.43. The molecule has 128 valence electrons. The highest BCUT2D eigenvalue weighted by molar-refractivity contribution is 5.78. The van der Waals surface area contributed by atoms with Crippen LogP contribution in [0.3, 0.4) is 0 Å². The minimum atomic E-state index is 0.0571. The van der Waals surface area contributed by atoms with Crippen LogP contribution in [0.15, 0.2) is 24.5 Å². The molecule has 2 aromatic heterocycles. The monoisotopic (exact) mass is 326 g/mol. The van der Waals surface area contributed by atoms with Gasteiger partial charge in [-0.05, 0) is 25.0 Å². The zero-order valence-corrected chi connectivity index (χ0v) is 15.0. The molecule has 24 heavy (non-hydrogen) atoms. The van der Waals surface area contributed by atoms with Gasteiger partial charge in [-0.15, -0.1) is 0 Å². The predicted octanol–water partition coefficient (Wildman–Crippen LogP) is 2.56. The molecule has 0 saturated heterocycles. The highest BCUT2D eigenvalue weighted by atomic mass is 16.1. The smallest absolute Gasteiger partial charge is 0.224 e. The van der Waals surface area contributed by atoms with Gasteiger partial charge in [-0.1, -0.05) is 26.8 Å². The molecule has 0 fully saturated rings. The minimum Gasteiger partial charge on any atom is -0.351 e. The van der Waals surface area contributed by atoms with Gasteiger partial charge in [0.15, 0.2) is 0 Å². The van der Waals surface area contributed by atoms with Crippen LogP contribution in [0.5, 0.6) is 0 Å². The zero-order chi connectivity index (χ0) is 17.3. The molecule has 1 N–H and O–H groups in total. The van der Waals surface area contributed by atoms with Gasteiger partial charge in [0.05, 0.1) is 12.1 Å². The summed E-state index contributed by atoms with van der Waals surface area (Å²) in [6.45, 7) is 9.28. The molecule has 5 nitrogen and oxygen atoms in total. The summed E-state index contributed by atoms with van der Waals surface area (Å²) in [4.78, 5) is 21.3. The molecule has 3 heterocycles. The molecule has 0 bridgehead atoms. The fourth-order valence-corrected chi connectivity index (χ4v) is 2.99. The van der Waals surface area contributed by atoms with Gasteiger partial charge in [-0.25, -0.2) is 4.98 Å². The second-order valence-corrected chi connectivity index (χ2v) is 7.73. The van der Waals surface area contributed by atoms with Gasteiger partial charge in [0.25, 0.3) is 0 Å². The Morgan fingerprint density at radius 1 is 1.38 bits per heavy atom. The number of imidazole rings is 1. The zero-order valence-electron chi connectivity index (χ0n) is 15.0. The van der Waals surface area contributed by atoms with Gasteiger partial charge in [0, 0.05) is 42.5 Å². The highest BCUT2D eigenvalue weighted by Gasteiger charge is 2.25. The number of hydrogen-bond acceptors (Lipinski definition) is 3. The van der Waals surface area contributed by atoms with Crippen molar-refractivity contribution in [2.45, 2.75) is 65.0 Å². The number of fused-ring (bicyclic) bond motifs is 1. The third-order valence-electron chi connectivity index (χ3n) is 4.46. The lowest BCUT2D eigenvalue weighted by Crippen LogP contribution is -2.41. The molecule has 1 atom stereocenters. The SMILES string of the molecule is Cc1ccc(CC(=O)NC2CCc3nc(C(C)(C)C)cn3C2)cn1. The normalized spacial score (nSPS) is 17.4. The van der Waals surface area contributed by atoms with E-state index in [9.17, 15) is 4.79 Å². The predicted molar refractivity (Wildman–Crippen MR) is 93.9 cm³/mol. The third-order valence-corrected chi connectivity index (χ3v) is 4.46. The molecule has 1 amide bonds. The van der Waals surface area contributed by atoms with Crippen LogP contribution >= 0.6 is 0 Å². The van der Waals surface area contributed by atoms with Crippen molar-refractivity contribution >= 4 is 5.91 Å². The fraction of sp³-hybridized carbons (Fsp3) is 0.526. The summed E-state index contributed by atoms with van der Waals surface area (Å²) in [5, 5.41) is 3.16. The van der Waals surface area contributed by atoms with Gasteiger partial charge in [0.2, 0.25) is 5.91 Å². The Labute approximate surface area is 143 Å². The van der Waals surface area contributed by atoms with E-state index in [2.05, 4.69) is 41.8 Å². The van der Waals surface area contributed by atoms with Crippen LogP contribution < -0.4 is 5.32 Å². The number of hydrogen-bond donors (Lipinski definition) is 1. The number of nitrogens with one attached hydrogen (secondary N) is 1. The van der Waals surface area contributed by atoms with Crippen LogP contribution in [-0.2, 0) is 29.6 Å². The Morgan fingerprint density at radius 2 is 2.17 bits per heavy atom. The molecule has 3 rings (SSSR count). The number of aryl methyl sites for hydroxylation is 2. The summed E-state index contributed by atoms with van der Waals surface area (Å²) < 4.78 is 2.20. The van der Waals surface area contributed by atoms with Crippen molar-refractivity contribution in [1.29, 1.82) is 0 Å². The molecular formula is C19H26N4O. The van der Waals surface area contributed by atoms with Crippen molar-refractivity contribution < 1.29 is 4.79 Å². The van der Waals surface area contributed by atoms with E-state index in [4.69, 9.17) is 4.98 Å². The highest BCUT2D eigenvalue weighted by Crippen LogP contribution is 2.24. The largest absolute Gasteiger partial charge is 0.351 e. The van der Waals surface area contributed by atoms with Crippen LogP contribution in [0.25, 0.3) is 0 Å². The minimum absolute atomic E-state index is 0.0571. The summed E-state index contributed by atoms with van der Waals surface area (Å²) in [7, 11) is 0. The van der Waals surface area contributed by atoms with Crippen molar-refractivity contribution in [2.75, 3.05) is 0 Å². The first-order valence-corrected chi connectivity index (χ1v) is 8.59. The lowest BCUT2D eigenvalue weighted by atomic mass is 9.93. The quantitative estimate of drug-likeness (QED) is 0.943. The number of carbonyl (C=O) groups is 1. The lowest BCUT2D eigenvalue weighted by molar-refractivity contribution is -0.121. The van der Waals surface area contributed by atoms with E-state index in [1.54, 1.807) is 6.20 Å². The van der Waals surface area contributed by atoms with Crippen LogP contribution in [0.1, 0.15) is 50.0 Å². The first-order chi connectivity index (χ1) is 11.3. The average molecular weight is 326 g/mol. The van der Waals surface area contributed by atoms with Crippen molar-refractivity contribution in [3.05, 3.63) is 47.3 Å². The summed E-state index contributed by atoms with van der Waals surface area (Å²) in [6, 6.07) is 4.08.